The van der Waals surface area contributed by atoms with Gasteiger partial charge in [-0.2, -0.15) is 0 Å². The quantitative estimate of drug-likeness (QED) is 0.353. The van der Waals surface area contributed by atoms with Gasteiger partial charge in [-0.3, -0.25) is 4.79 Å². The first kappa shape index (κ1) is 13.9. The van der Waals surface area contributed by atoms with Crippen LogP contribution >= 0.6 is 0 Å². The molecule has 2 nitrogen and oxygen atoms in total. The van der Waals surface area contributed by atoms with Crippen molar-refractivity contribution in [2.24, 2.45) is 11.3 Å². The van der Waals surface area contributed by atoms with Gasteiger partial charge in [0.15, 0.2) is 0 Å². The van der Waals surface area contributed by atoms with Crippen molar-refractivity contribution in [3.8, 4) is 0 Å². The van der Waals surface area contributed by atoms with Gasteiger partial charge in [0.2, 0.25) is 0 Å². The molecule has 2 atom stereocenters. The van der Waals surface area contributed by atoms with E-state index in [1.54, 1.807) is 6.08 Å². The van der Waals surface area contributed by atoms with Gasteiger partial charge >= 0.3 is 0 Å². The van der Waals surface area contributed by atoms with Gasteiger partial charge in [0, 0.05) is 5.92 Å². The Hall–Kier alpha value is -1.15. The van der Waals surface area contributed by atoms with E-state index in [4.69, 9.17) is 0 Å². The first-order valence-corrected chi connectivity index (χ1v) is 6.03. The molecule has 1 aliphatic carbocycles. The minimum atomic E-state index is -0.332. The summed E-state index contributed by atoms with van der Waals surface area (Å²) in [5, 5.41) is 9.74. The molecule has 0 aromatic rings. The van der Waals surface area contributed by atoms with E-state index >= 15 is 0 Å². The normalized spacial score (nSPS) is 29.2. The van der Waals surface area contributed by atoms with Crippen LogP contribution in [0, 0.1) is 11.3 Å². The molecular weight excluding hydrogens is 212 g/mol. The highest BCUT2D eigenvalue weighted by molar-refractivity contribution is 5.66. The Bertz CT molecular complexity index is 372. The van der Waals surface area contributed by atoms with E-state index in [2.05, 4.69) is 26.8 Å². The SMILES string of the molecule is CC1=C[C@@H](O)CC(C)(C)[C@@H]1/C=C/C(C)=C/C=O. The number of hydrogen-bond acceptors (Lipinski definition) is 2. The maximum Gasteiger partial charge on any atom is 0.143 e. The van der Waals surface area contributed by atoms with Crippen LogP contribution in [-0.2, 0) is 4.79 Å². The number of carbonyl (C=O) groups is 1. The van der Waals surface area contributed by atoms with E-state index < -0.39 is 0 Å². The molecule has 0 heterocycles. The summed E-state index contributed by atoms with van der Waals surface area (Å²) in [7, 11) is 0. The van der Waals surface area contributed by atoms with E-state index in [0.717, 1.165) is 18.3 Å². The lowest BCUT2D eigenvalue weighted by atomic mass is 9.67. The molecule has 0 unspecified atom stereocenters. The molecule has 0 aliphatic heterocycles. The van der Waals surface area contributed by atoms with Crippen molar-refractivity contribution in [3.05, 3.63) is 35.5 Å². The topological polar surface area (TPSA) is 37.3 Å². The van der Waals surface area contributed by atoms with Crippen molar-refractivity contribution in [2.75, 3.05) is 0 Å². The van der Waals surface area contributed by atoms with Gasteiger partial charge in [-0.25, -0.2) is 0 Å². The van der Waals surface area contributed by atoms with Crippen LogP contribution in [-0.4, -0.2) is 17.5 Å². The minimum Gasteiger partial charge on any atom is -0.389 e. The van der Waals surface area contributed by atoms with E-state index in [9.17, 15) is 9.90 Å². The lowest BCUT2D eigenvalue weighted by Gasteiger charge is -2.38. The van der Waals surface area contributed by atoms with Crippen molar-refractivity contribution in [1.29, 1.82) is 0 Å². The summed E-state index contributed by atoms with van der Waals surface area (Å²) >= 11 is 0. The van der Waals surface area contributed by atoms with Gasteiger partial charge in [-0.1, -0.05) is 37.6 Å². The summed E-state index contributed by atoms with van der Waals surface area (Å²) < 4.78 is 0. The molecule has 1 rings (SSSR count). The molecule has 1 N–H and O–H groups in total. The molecule has 0 saturated carbocycles. The van der Waals surface area contributed by atoms with Gasteiger partial charge < -0.3 is 5.11 Å². The smallest absolute Gasteiger partial charge is 0.143 e. The summed E-state index contributed by atoms with van der Waals surface area (Å²) in [6, 6.07) is 0. The van der Waals surface area contributed by atoms with Gasteiger partial charge in [0.1, 0.15) is 6.29 Å². The average molecular weight is 234 g/mol. The molecule has 17 heavy (non-hydrogen) atoms. The molecule has 0 radical (unpaired) electrons. The van der Waals surface area contributed by atoms with Crippen LogP contribution < -0.4 is 0 Å². The highest BCUT2D eigenvalue weighted by Crippen LogP contribution is 2.41. The van der Waals surface area contributed by atoms with Crippen molar-refractivity contribution in [1.82, 2.24) is 0 Å². The lowest BCUT2D eigenvalue weighted by molar-refractivity contribution is -0.104. The van der Waals surface area contributed by atoms with Crippen molar-refractivity contribution in [2.45, 2.75) is 40.2 Å². The third kappa shape index (κ3) is 3.67. The largest absolute Gasteiger partial charge is 0.389 e. The number of allylic oxidation sites excluding steroid dienone is 5. The molecule has 0 aromatic heterocycles. The number of rotatable bonds is 3. The third-order valence-corrected chi connectivity index (χ3v) is 3.41. The molecule has 0 fully saturated rings. The number of aldehydes is 1. The Morgan fingerprint density at radius 1 is 1.53 bits per heavy atom. The molecule has 0 bridgehead atoms. The van der Waals surface area contributed by atoms with Crippen LogP contribution in [0.5, 0.6) is 0 Å². The van der Waals surface area contributed by atoms with E-state index in [0.29, 0.717) is 5.92 Å². The Morgan fingerprint density at radius 3 is 2.71 bits per heavy atom. The highest BCUT2D eigenvalue weighted by atomic mass is 16.3. The molecule has 0 spiro atoms. The summed E-state index contributed by atoms with van der Waals surface area (Å²) in [6.45, 7) is 8.30. The van der Waals surface area contributed by atoms with Crippen LogP contribution in [0.1, 0.15) is 34.1 Å². The Labute approximate surface area is 104 Å². The zero-order valence-electron chi connectivity index (χ0n) is 11.1. The standard InChI is InChI=1S/C15H22O2/c1-11(7-8-16)5-6-14-12(2)9-13(17)10-15(14,3)4/h5-9,13-14,17H,10H2,1-4H3/b6-5+,11-7+/t13-,14-/m1/s1. The number of hydrogen-bond donors (Lipinski definition) is 1. The summed E-state index contributed by atoms with van der Waals surface area (Å²) in [6.07, 6.45) is 8.84. The Balaban J connectivity index is 2.92. The van der Waals surface area contributed by atoms with Gasteiger partial charge in [0.25, 0.3) is 0 Å². The van der Waals surface area contributed by atoms with Crippen LogP contribution in [0.3, 0.4) is 0 Å². The van der Waals surface area contributed by atoms with E-state index in [-0.39, 0.29) is 11.5 Å². The fourth-order valence-corrected chi connectivity index (χ4v) is 2.57. The predicted octanol–water partition coefficient (Wildman–Crippen LogP) is 3.04. The van der Waals surface area contributed by atoms with Crippen molar-refractivity contribution >= 4 is 6.29 Å². The second-order valence-electron chi connectivity index (χ2n) is 5.55. The molecular formula is C15H22O2. The third-order valence-electron chi connectivity index (χ3n) is 3.41. The maximum absolute atomic E-state index is 10.3. The first-order chi connectivity index (χ1) is 7.86. The number of carbonyl (C=O) groups excluding carboxylic acids is 1. The van der Waals surface area contributed by atoms with Gasteiger partial charge in [-0.15, -0.1) is 0 Å². The van der Waals surface area contributed by atoms with E-state index in [1.165, 1.54) is 5.57 Å². The molecule has 0 amide bonds. The fraction of sp³-hybridized carbons (Fsp3) is 0.533. The van der Waals surface area contributed by atoms with Crippen LogP contribution in [0.25, 0.3) is 0 Å². The van der Waals surface area contributed by atoms with Crippen LogP contribution in [0.4, 0.5) is 0 Å². The summed E-state index contributed by atoms with van der Waals surface area (Å²) in [5.74, 6) is 0.320. The molecule has 1 aliphatic rings. The van der Waals surface area contributed by atoms with Crippen molar-refractivity contribution < 1.29 is 9.90 Å². The highest BCUT2D eigenvalue weighted by Gasteiger charge is 2.34. The summed E-state index contributed by atoms with van der Waals surface area (Å²) in [4.78, 5) is 10.3. The molecule has 0 saturated heterocycles. The maximum atomic E-state index is 10.3. The van der Waals surface area contributed by atoms with Gasteiger partial charge in [-0.05, 0) is 37.3 Å². The monoisotopic (exact) mass is 234 g/mol. The fourth-order valence-electron chi connectivity index (χ4n) is 2.57. The predicted molar refractivity (Wildman–Crippen MR) is 70.6 cm³/mol. The summed E-state index contributed by atoms with van der Waals surface area (Å²) in [5.41, 5.74) is 2.20. The van der Waals surface area contributed by atoms with Crippen LogP contribution in [0.15, 0.2) is 35.5 Å². The Kier molecular flexibility index (Phi) is 4.47. The average Bonchev–Trinajstić information content (AvgIpc) is 2.14. The van der Waals surface area contributed by atoms with Crippen LogP contribution in [0.2, 0.25) is 0 Å². The lowest BCUT2D eigenvalue weighted by Crippen LogP contribution is -2.32. The zero-order valence-corrected chi connectivity index (χ0v) is 11.1. The first-order valence-electron chi connectivity index (χ1n) is 6.03. The number of aliphatic hydroxyl groups excluding tert-OH is 1. The molecule has 0 aromatic carbocycles. The van der Waals surface area contributed by atoms with Gasteiger partial charge in [0.05, 0.1) is 6.10 Å². The second-order valence-corrected chi connectivity index (χ2v) is 5.55. The van der Waals surface area contributed by atoms with E-state index in [1.807, 2.05) is 19.1 Å². The second kappa shape index (κ2) is 5.46. The molecule has 2 heteroatoms. The number of aliphatic hydroxyl groups is 1. The Morgan fingerprint density at radius 2 is 2.18 bits per heavy atom. The zero-order chi connectivity index (χ0) is 13.1. The molecule has 94 valence electrons. The minimum absolute atomic E-state index is 0.0518. The van der Waals surface area contributed by atoms with Crippen molar-refractivity contribution in [3.63, 3.8) is 0 Å².